The molecule has 4 rings (SSSR count). The van der Waals surface area contributed by atoms with E-state index in [1.807, 2.05) is 0 Å². The van der Waals surface area contributed by atoms with Crippen LogP contribution in [0, 0.1) is 17.8 Å². The Labute approximate surface area is 123 Å². The summed E-state index contributed by atoms with van der Waals surface area (Å²) in [6, 6.07) is 7.70. The van der Waals surface area contributed by atoms with Crippen LogP contribution in [0.2, 0.25) is 0 Å². The van der Waals surface area contributed by atoms with E-state index in [0.29, 0.717) is 6.04 Å². The third-order valence-electron chi connectivity index (χ3n) is 5.74. The lowest BCUT2D eigenvalue weighted by atomic mass is 9.96. The number of nitrogens with one attached hydrogen (secondary N) is 1. The molecule has 0 saturated heterocycles. The average Bonchev–Trinajstić information content (AvgIpc) is 3.38. The molecule has 1 heteroatoms. The van der Waals surface area contributed by atoms with Gasteiger partial charge >= 0.3 is 0 Å². The third kappa shape index (κ3) is 2.65. The summed E-state index contributed by atoms with van der Waals surface area (Å²) in [6.07, 6.45) is 9.93. The molecule has 0 bridgehead atoms. The molecule has 1 atom stereocenters. The summed E-state index contributed by atoms with van der Waals surface area (Å²) in [5, 5.41) is 3.83. The summed E-state index contributed by atoms with van der Waals surface area (Å²) in [5.41, 5.74) is 4.70. The Kier molecular flexibility index (Phi) is 3.34. The number of fused-ring (bicyclic) bond motifs is 1. The number of rotatable bonds is 6. The van der Waals surface area contributed by atoms with Crippen LogP contribution in [-0.4, -0.2) is 6.54 Å². The third-order valence-corrected chi connectivity index (χ3v) is 5.74. The number of hydrogen-bond donors (Lipinski definition) is 1. The lowest BCUT2D eigenvalue weighted by Crippen LogP contribution is -2.28. The molecule has 2 fully saturated rings. The highest BCUT2D eigenvalue weighted by Gasteiger charge is 2.41. The van der Waals surface area contributed by atoms with Crippen molar-refractivity contribution in [1.29, 1.82) is 0 Å². The Hall–Kier alpha value is -0.820. The molecule has 1 aromatic carbocycles. The van der Waals surface area contributed by atoms with Gasteiger partial charge in [-0.3, -0.25) is 0 Å². The van der Waals surface area contributed by atoms with Crippen LogP contribution in [0.5, 0.6) is 0 Å². The topological polar surface area (TPSA) is 12.0 Å². The lowest BCUT2D eigenvalue weighted by molar-refractivity contribution is 0.362. The van der Waals surface area contributed by atoms with Gasteiger partial charge in [0.1, 0.15) is 0 Å². The molecule has 1 nitrogen and oxygen atoms in total. The van der Waals surface area contributed by atoms with E-state index in [-0.39, 0.29) is 0 Å². The number of hydrogen-bond acceptors (Lipinski definition) is 1. The summed E-state index contributed by atoms with van der Waals surface area (Å²) in [4.78, 5) is 0. The van der Waals surface area contributed by atoms with Gasteiger partial charge in [0.2, 0.25) is 0 Å². The van der Waals surface area contributed by atoms with Crippen molar-refractivity contribution in [2.24, 2.45) is 17.8 Å². The second-order valence-corrected chi connectivity index (χ2v) is 7.35. The highest BCUT2D eigenvalue weighted by Crippen LogP contribution is 2.49. The van der Waals surface area contributed by atoms with Crippen molar-refractivity contribution < 1.29 is 0 Å². The van der Waals surface area contributed by atoms with Gasteiger partial charge in [0.25, 0.3) is 0 Å². The van der Waals surface area contributed by atoms with Crippen molar-refractivity contribution >= 4 is 0 Å². The maximum Gasteiger partial charge on any atom is 0.0292 e. The maximum absolute atomic E-state index is 3.83. The standard InChI is InChI=1S/C19H27N/c1-13(17-10-5-14-3-2-4-18(14)11-17)20-12-19(15-6-7-15)16-8-9-16/h5,10-11,13,15-16,19-20H,2-4,6-9,12H2,1H3. The van der Waals surface area contributed by atoms with Gasteiger partial charge < -0.3 is 5.32 Å². The molecule has 0 radical (unpaired) electrons. The normalized spacial score (nSPS) is 23.1. The molecular weight excluding hydrogens is 242 g/mol. The molecule has 20 heavy (non-hydrogen) atoms. The maximum atomic E-state index is 3.83. The summed E-state index contributed by atoms with van der Waals surface area (Å²) in [5.74, 6) is 3.09. The van der Waals surface area contributed by atoms with E-state index < -0.39 is 0 Å². The smallest absolute Gasteiger partial charge is 0.0292 e. The van der Waals surface area contributed by atoms with E-state index >= 15 is 0 Å². The van der Waals surface area contributed by atoms with Crippen molar-refractivity contribution in [1.82, 2.24) is 5.32 Å². The summed E-state index contributed by atoms with van der Waals surface area (Å²) >= 11 is 0. The van der Waals surface area contributed by atoms with E-state index in [9.17, 15) is 0 Å². The molecule has 0 aliphatic heterocycles. The summed E-state index contributed by atoms with van der Waals surface area (Å²) < 4.78 is 0. The molecule has 0 aromatic heterocycles. The molecule has 2 saturated carbocycles. The van der Waals surface area contributed by atoms with Crippen molar-refractivity contribution in [2.45, 2.75) is 57.9 Å². The first-order valence-corrected chi connectivity index (χ1v) is 8.66. The zero-order chi connectivity index (χ0) is 13.5. The van der Waals surface area contributed by atoms with Crippen molar-refractivity contribution in [3.8, 4) is 0 Å². The van der Waals surface area contributed by atoms with Crippen LogP contribution in [0.15, 0.2) is 18.2 Å². The fourth-order valence-corrected chi connectivity index (χ4v) is 4.06. The molecule has 0 spiro atoms. The van der Waals surface area contributed by atoms with Crippen LogP contribution in [0.25, 0.3) is 0 Å². The van der Waals surface area contributed by atoms with Gasteiger partial charge in [-0.15, -0.1) is 0 Å². The molecule has 0 amide bonds. The Bertz CT molecular complexity index is 473. The predicted molar refractivity (Wildman–Crippen MR) is 83.8 cm³/mol. The van der Waals surface area contributed by atoms with Gasteiger partial charge in [-0.1, -0.05) is 18.2 Å². The SMILES string of the molecule is CC(NCC(C1CC1)C1CC1)c1ccc2c(c1)CCC2. The van der Waals surface area contributed by atoms with Gasteiger partial charge in [-0.25, -0.2) is 0 Å². The molecule has 108 valence electrons. The van der Waals surface area contributed by atoms with Crippen molar-refractivity contribution in [3.63, 3.8) is 0 Å². The van der Waals surface area contributed by atoms with E-state index in [0.717, 1.165) is 17.8 Å². The van der Waals surface area contributed by atoms with Crippen LogP contribution in [0.3, 0.4) is 0 Å². The van der Waals surface area contributed by atoms with Gasteiger partial charge in [0.15, 0.2) is 0 Å². The van der Waals surface area contributed by atoms with Gasteiger partial charge in [-0.05, 0) is 92.9 Å². The summed E-state index contributed by atoms with van der Waals surface area (Å²) in [6.45, 7) is 3.58. The van der Waals surface area contributed by atoms with E-state index in [1.165, 1.54) is 57.1 Å². The Balaban J connectivity index is 1.38. The van der Waals surface area contributed by atoms with Crippen molar-refractivity contribution in [3.05, 3.63) is 34.9 Å². The van der Waals surface area contributed by atoms with Gasteiger partial charge in [0.05, 0.1) is 0 Å². The first-order valence-electron chi connectivity index (χ1n) is 8.66. The minimum Gasteiger partial charge on any atom is -0.310 e. The zero-order valence-corrected chi connectivity index (χ0v) is 12.7. The quantitative estimate of drug-likeness (QED) is 0.813. The highest BCUT2D eigenvalue weighted by atomic mass is 14.9. The monoisotopic (exact) mass is 269 g/mol. The number of benzene rings is 1. The van der Waals surface area contributed by atoms with E-state index in [2.05, 4.69) is 30.4 Å². The van der Waals surface area contributed by atoms with E-state index in [1.54, 1.807) is 11.1 Å². The second kappa shape index (κ2) is 5.18. The second-order valence-electron chi connectivity index (χ2n) is 7.35. The first kappa shape index (κ1) is 12.9. The average molecular weight is 269 g/mol. The van der Waals surface area contributed by atoms with Gasteiger partial charge in [0, 0.05) is 6.04 Å². The van der Waals surface area contributed by atoms with Crippen LogP contribution in [0.1, 0.15) is 61.8 Å². The van der Waals surface area contributed by atoms with Crippen LogP contribution < -0.4 is 5.32 Å². The summed E-state index contributed by atoms with van der Waals surface area (Å²) in [7, 11) is 0. The zero-order valence-electron chi connectivity index (χ0n) is 12.7. The molecule has 1 N–H and O–H groups in total. The van der Waals surface area contributed by atoms with Crippen molar-refractivity contribution in [2.75, 3.05) is 6.54 Å². The lowest BCUT2D eigenvalue weighted by Gasteiger charge is -2.21. The predicted octanol–water partition coefficient (Wildman–Crippen LogP) is 4.26. The molecule has 3 aliphatic carbocycles. The molecule has 1 aromatic rings. The van der Waals surface area contributed by atoms with Crippen LogP contribution in [0.4, 0.5) is 0 Å². The fraction of sp³-hybridized carbons (Fsp3) is 0.684. The highest BCUT2D eigenvalue weighted by molar-refractivity contribution is 5.36. The minimum absolute atomic E-state index is 0.515. The first-order chi connectivity index (χ1) is 9.81. The molecule has 1 unspecified atom stereocenters. The Morgan fingerprint density at radius 1 is 1.05 bits per heavy atom. The fourth-order valence-electron chi connectivity index (χ4n) is 4.06. The van der Waals surface area contributed by atoms with Gasteiger partial charge in [-0.2, -0.15) is 0 Å². The van der Waals surface area contributed by atoms with Crippen LogP contribution >= 0.6 is 0 Å². The Morgan fingerprint density at radius 2 is 1.75 bits per heavy atom. The number of aryl methyl sites for hydroxylation is 2. The van der Waals surface area contributed by atoms with Crippen LogP contribution in [-0.2, 0) is 12.8 Å². The minimum atomic E-state index is 0.515. The Morgan fingerprint density at radius 3 is 2.45 bits per heavy atom. The van der Waals surface area contributed by atoms with E-state index in [4.69, 9.17) is 0 Å². The molecule has 3 aliphatic rings. The molecule has 0 heterocycles. The largest absolute Gasteiger partial charge is 0.310 e. The molecular formula is C19H27N.